The largest absolute Gasteiger partial charge is 0.481 e. The van der Waals surface area contributed by atoms with Gasteiger partial charge in [-0.3, -0.25) is 4.79 Å². The van der Waals surface area contributed by atoms with E-state index in [4.69, 9.17) is 0 Å². The number of benzene rings is 3. The summed E-state index contributed by atoms with van der Waals surface area (Å²) in [5.41, 5.74) is 5.52. The molecule has 232 valence electrons. The van der Waals surface area contributed by atoms with Crippen molar-refractivity contribution in [3.8, 4) is 6.07 Å². The van der Waals surface area contributed by atoms with Gasteiger partial charge in [-0.2, -0.15) is 5.26 Å². The Labute approximate surface area is 270 Å². The summed E-state index contributed by atoms with van der Waals surface area (Å²) >= 11 is 1.78. The fourth-order valence-corrected chi connectivity index (χ4v) is 7.40. The van der Waals surface area contributed by atoms with Crippen LogP contribution in [0.2, 0.25) is 0 Å². The van der Waals surface area contributed by atoms with E-state index in [-0.39, 0.29) is 10.3 Å². The third-order valence-corrected chi connectivity index (χ3v) is 10.3. The molecule has 2 atom stereocenters. The maximum Gasteiger partial charge on any atom is 0.346 e. The van der Waals surface area contributed by atoms with Gasteiger partial charge in [0.25, 0.3) is 0 Å². The first-order chi connectivity index (χ1) is 21.4. The molecule has 0 radical (unpaired) electrons. The molecule has 3 aromatic rings. The van der Waals surface area contributed by atoms with Crippen LogP contribution in [0.5, 0.6) is 0 Å². The zero-order valence-electron chi connectivity index (χ0n) is 26.3. The number of nitriles is 1. The van der Waals surface area contributed by atoms with E-state index in [1.54, 1.807) is 31.7 Å². The third-order valence-electron chi connectivity index (χ3n) is 9.03. The van der Waals surface area contributed by atoms with Gasteiger partial charge in [-0.25, -0.2) is 4.79 Å². The monoisotopic (exact) mass is 620 g/mol. The van der Waals surface area contributed by atoms with Crippen LogP contribution in [0.1, 0.15) is 88.0 Å². The Hall–Kier alpha value is -4.28. The fraction of sp³-hybridized carbons (Fsp3) is 0.342. The molecule has 2 aliphatic rings. The number of hydrogen-bond acceptors (Lipinski definition) is 5. The summed E-state index contributed by atoms with van der Waals surface area (Å²) in [5.74, 6) is -1.57. The van der Waals surface area contributed by atoms with E-state index in [0.717, 1.165) is 53.7 Å². The highest BCUT2D eigenvalue weighted by atomic mass is 32.2. The van der Waals surface area contributed by atoms with Gasteiger partial charge in [-0.15, -0.1) is 11.8 Å². The lowest BCUT2D eigenvalue weighted by atomic mass is 9.85. The molecule has 0 bridgehead atoms. The fourth-order valence-electron chi connectivity index (χ4n) is 6.29. The highest BCUT2D eigenvalue weighted by Gasteiger charge is 2.42. The van der Waals surface area contributed by atoms with Gasteiger partial charge in [-0.1, -0.05) is 62.8 Å². The second-order valence-corrected chi connectivity index (χ2v) is 15.1. The van der Waals surface area contributed by atoms with Gasteiger partial charge in [0.05, 0.1) is 5.41 Å². The van der Waals surface area contributed by atoms with Gasteiger partial charge in [0, 0.05) is 33.0 Å². The molecule has 0 spiro atoms. The molecule has 3 aromatic carbocycles. The Morgan fingerprint density at radius 1 is 0.911 bits per heavy atom. The number of carboxylic acids is 2. The minimum Gasteiger partial charge on any atom is -0.481 e. The number of hydrogen-bond donors (Lipinski definition) is 2. The molecule has 0 amide bonds. The van der Waals surface area contributed by atoms with Crippen molar-refractivity contribution in [1.82, 2.24) is 0 Å². The van der Waals surface area contributed by atoms with Gasteiger partial charge in [0.15, 0.2) is 0 Å². The van der Waals surface area contributed by atoms with Gasteiger partial charge in [-0.05, 0) is 104 Å². The molecule has 2 N–H and O–H groups in total. The molecule has 45 heavy (non-hydrogen) atoms. The topological polar surface area (TPSA) is 102 Å². The highest BCUT2D eigenvalue weighted by molar-refractivity contribution is 8.00. The summed E-state index contributed by atoms with van der Waals surface area (Å²) < 4.78 is -0.0686. The van der Waals surface area contributed by atoms with Crippen LogP contribution < -0.4 is 4.90 Å². The molecule has 0 saturated heterocycles. The van der Waals surface area contributed by atoms with Crippen molar-refractivity contribution in [3.63, 3.8) is 0 Å². The van der Waals surface area contributed by atoms with E-state index in [9.17, 15) is 25.1 Å². The number of nitrogens with zero attached hydrogens (tertiary/aromatic N) is 2. The van der Waals surface area contributed by atoms with E-state index in [1.807, 2.05) is 6.07 Å². The van der Waals surface area contributed by atoms with Crippen LogP contribution in [0, 0.1) is 16.7 Å². The maximum absolute atomic E-state index is 11.5. The highest BCUT2D eigenvalue weighted by Crippen LogP contribution is 2.52. The lowest BCUT2D eigenvalue weighted by Gasteiger charge is -2.28. The Morgan fingerprint density at radius 2 is 1.53 bits per heavy atom. The van der Waals surface area contributed by atoms with Crippen LogP contribution in [-0.2, 0) is 9.59 Å². The summed E-state index contributed by atoms with van der Waals surface area (Å²) in [6, 6.07) is 25.3. The molecule has 7 heteroatoms. The number of anilines is 2. The van der Waals surface area contributed by atoms with E-state index in [2.05, 4.69) is 91.6 Å². The summed E-state index contributed by atoms with van der Waals surface area (Å²) in [4.78, 5) is 26.4. The molecule has 6 nitrogen and oxygen atoms in total. The van der Waals surface area contributed by atoms with Gasteiger partial charge < -0.3 is 15.1 Å². The molecular weight excluding hydrogens is 580 g/mol. The Morgan fingerprint density at radius 3 is 2.13 bits per heavy atom. The lowest BCUT2D eigenvalue weighted by Crippen LogP contribution is -2.27. The van der Waals surface area contributed by atoms with Crippen molar-refractivity contribution in [2.75, 3.05) is 4.90 Å². The molecular formula is C38H40N2O4S. The molecule has 5 rings (SSSR count). The first kappa shape index (κ1) is 32.1. The third kappa shape index (κ3) is 7.34. The molecule has 1 fully saturated rings. The van der Waals surface area contributed by atoms with Crippen molar-refractivity contribution in [1.29, 1.82) is 5.26 Å². The quantitative estimate of drug-likeness (QED) is 0.0953. The van der Waals surface area contributed by atoms with Gasteiger partial charge in [0.1, 0.15) is 11.6 Å². The zero-order valence-corrected chi connectivity index (χ0v) is 27.1. The first-order valence-electron chi connectivity index (χ1n) is 15.5. The lowest BCUT2D eigenvalue weighted by molar-refractivity contribution is -0.147. The molecule has 0 aromatic heterocycles. The Bertz CT molecular complexity index is 1680. The minimum atomic E-state index is -1.21. The van der Waals surface area contributed by atoms with Crippen LogP contribution in [0.25, 0.3) is 18.2 Å². The summed E-state index contributed by atoms with van der Waals surface area (Å²) in [7, 11) is 0. The average molecular weight is 621 g/mol. The standard InChI is InChI=1S/C38H40N2O4S/c1-37(2,36(43)44)20-21-38(3,4)45-30-17-12-26(13-18-30)9-8-25-10-15-29(16-11-25)40-33-7-5-6-31(33)32-23-27(14-19-34(32)40)22-28(24-39)35(41)42/h8-19,22-23,31,33H,5-7,20-21H2,1-4H3,(H,41,42)(H,43,44)/b9-8?,28-22+. The van der Waals surface area contributed by atoms with Crippen molar-refractivity contribution < 1.29 is 19.8 Å². The molecule has 1 aliphatic heterocycles. The average Bonchev–Trinajstić information content (AvgIpc) is 3.60. The molecule has 1 saturated carbocycles. The van der Waals surface area contributed by atoms with E-state index in [1.165, 1.54) is 16.5 Å². The van der Waals surface area contributed by atoms with E-state index in [0.29, 0.717) is 18.4 Å². The first-order valence-corrected chi connectivity index (χ1v) is 16.3. The molecule has 2 unspecified atom stereocenters. The summed E-state index contributed by atoms with van der Waals surface area (Å²) in [5, 5.41) is 27.9. The minimum absolute atomic E-state index is 0.0686. The van der Waals surface area contributed by atoms with Crippen LogP contribution in [0.3, 0.4) is 0 Å². The second-order valence-electron chi connectivity index (χ2n) is 13.3. The predicted octanol–water partition coefficient (Wildman–Crippen LogP) is 9.40. The van der Waals surface area contributed by atoms with Crippen LogP contribution in [0.4, 0.5) is 11.4 Å². The van der Waals surface area contributed by atoms with Crippen LogP contribution >= 0.6 is 11.8 Å². The number of carboxylic acid groups (broad SMARTS) is 2. The number of fused-ring (bicyclic) bond motifs is 3. The SMILES string of the molecule is CC(C)(CCC(C)(C)C(=O)O)Sc1ccc(C=Cc2ccc(N3c4ccc(/C=C(\C#N)C(=O)O)cc4C4CCCC43)cc2)cc1. The number of rotatable bonds is 11. The van der Waals surface area contributed by atoms with Crippen molar-refractivity contribution in [3.05, 3.63) is 94.6 Å². The molecule has 1 aliphatic carbocycles. The number of aliphatic carboxylic acids is 2. The van der Waals surface area contributed by atoms with Crippen molar-refractivity contribution >= 4 is 53.3 Å². The summed E-state index contributed by atoms with van der Waals surface area (Å²) in [6.45, 7) is 7.91. The maximum atomic E-state index is 11.5. The zero-order chi connectivity index (χ0) is 32.4. The van der Waals surface area contributed by atoms with E-state index < -0.39 is 17.4 Å². The number of carbonyl (C=O) groups is 2. The normalized spacial score (nSPS) is 18.1. The van der Waals surface area contributed by atoms with Crippen molar-refractivity contribution in [2.45, 2.75) is 81.4 Å². The molecule has 1 heterocycles. The summed E-state index contributed by atoms with van der Waals surface area (Å²) in [6.07, 6.45) is 10.5. The Kier molecular flexibility index (Phi) is 9.27. The van der Waals surface area contributed by atoms with Crippen LogP contribution in [-0.4, -0.2) is 32.9 Å². The van der Waals surface area contributed by atoms with Crippen molar-refractivity contribution in [2.24, 2.45) is 5.41 Å². The Balaban J connectivity index is 1.26. The number of thioether (sulfide) groups is 1. The van der Waals surface area contributed by atoms with Gasteiger partial charge in [0.2, 0.25) is 0 Å². The smallest absolute Gasteiger partial charge is 0.346 e. The van der Waals surface area contributed by atoms with Gasteiger partial charge >= 0.3 is 11.9 Å². The predicted molar refractivity (Wildman–Crippen MR) is 183 cm³/mol. The van der Waals surface area contributed by atoms with E-state index >= 15 is 0 Å². The second kappa shape index (κ2) is 13.0. The van der Waals surface area contributed by atoms with Crippen LogP contribution in [0.15, 0.2) is 77.2 Å².